The zero-order valence-electron chi connectivity index (χ0n) is 19.4. The van der Waals surface area contributed by atoms with Crippen LogP contribution < -0.4 is 22.5 Å². The Morgan fingerprint density at radius 3 is 2.09 bits per heavy atom. The predicted octanol–water partition coefficient (Wildman–Crippen LogP) is -2.57. The molecular weight excluding hydrogens is 460 g/mol. The van der Waals surface area contributed by atoms with Crippen molar-refractivity contribution >= 4 is 22.3 Å². The summed E-state index contributed by atoms with van der Waals surface area (Å²) in [7, 11) is 5.75. The summed E-state index contributed by atoms with van der Waals surface area (Å²) in [4.78, 5) is 63.0. The second-order valence-electron chi connectivity index (χ2n) is 8.30. The summed E-state index contributed by atoms with van der Waals surface area (Å²) < 4.78 is 8.99. The highest BCUT2D eigenvalue weighted by Gasteiger charge is 2.23. The first-order valence-electron chi connectivity index (χ1n) is 10.5. The monoisotopic (exact) mass is 482 g/mol. The molecule has 15 heteroatoms. The summed E-state index contributed by atoms with van der Waals surface area (Å²) in [6.07, 6.45) is 4.92. The van der Waals surface area contributed by atoms with Gasteiger partial charge in [-0.25, -0.2) is 19.6 Å². The van der Waals surface area contributed by atoms with E-state index in [0.29, 0.717) is 0 Å². The third-order valence-corrected chi connectivity index (χ3v) is 6.08. The Balaban J connectivity index is 1.63. The molecule has 5 aromatic rings. The Morgan fingerprint density at radius 2 is 1.46 bits per heavy atom. The van der Waals surface area contributed by atoms with Crippen LogP contribution in [0.4, 0.5) is 0 Å². The number of aryl methyl sites for hydroxylation is 2. The number of rotatable bonds is 5. The van der Waals surface area contributed by atoms with Crippen molar-refractivity contribution in [2.75, 3.05) is 0 Å². The first-order chi connectivity index (χ1) is 16.6. The Morgan fingerprint density at radius 1 is 0.829 bits per heavy atom. The highest BCUT2D eigenvalue weighted by molar-refractivity contribution is 5.73. The van der Waals surface area contributed by atoms with Crippen LogP contribution in [0.3, 0.4) is 0 Å². The zero-order chi connectivity index (χ0) is 25.2. The lowest BCUT2D eigenvalue weighted by Crippen LogP contribution is -2.38. The zero-order valence-corrected chi connectivity index (χ0v) is 19.4. The fourth-order valence-corrected chi connectivity index (χ4v) is 4.21. The average Bonchev–Trinajstić information content (AvgIpc) is 3.57. The average molecular weight is 482 g/mol. The number of imidazole rings is 3. The molecule has 0 fully saturated rings. The minimum atomic E-state index is -1.10. The van der Waals surface area contributed by atoms with Crippen molar-refractivity contribution in [2.45, 2.75) is 19.2 Å². The summed E-state index contributed by atoms with van der Waals surface area (Å²) in [5.74, 6) is 0.281. The van der Waals surface area contributed by atoms with Gasteiger partial charge in [0.1, 0.15) is 6.33 Å². The van der Waals surface area contributed by atoms with E-state index in [0.717, 1.165) is 9.13 Å². The molecule has 1 unspecified atom stereocenters. The lowest BCUT2D eigenvalue weighted by Gasteiger charge is -2.16. The smallest absolute Gasteiger partial charge is 0.332 e. The fourth-order valence-electron chi connectivity index (χ4n) is 4.21. The summed E-state index contributed by atoms with van der Waals surface area (Å²) in [6.45, 7) is -0.151. The molecule has 0 radical (unpaired) electrons. The molecule has 15 nitrogen and oxygen atoms in total. The van der Waals surface area contributed by atoms with Gasteiger partial charge in [0.25, 0.3) is 11.1 Å². The second kappa shape index (κ2) is 7.76. The van der Waals surface area contributed by atoms with Gasteiger partial charge in [-0.3, -0.25) is 32.4 Å². The Bertz CT molecular complexity index is 1840. The Hall–Kier alpha value is -4.53. The molecule has 5 rings (SSSR count). The van der Waals surface area contributed by atoms with Gasteiger partial charge in [-0.15, -0.1) is 0 Å². The van der Waals surface area contributed by atoms with Crippen molar-refractivity contribution < 1.29 is 5.11 Å². The maximum absolute atomic E-state index is 13.0. The number of hydrogen-bond donors (Lipinski definition) is 1. The van der Waals surface area contributed by atoms with Gasteiger partial charge in [-0.2, -0.15) is 4.98 Å². The Kier molecular flexibility index (Phi) is 4.94. The number of aliphatic hydroxyl groups is 1. The first kappa shape index (κ1) is 22.3. The standard InChI is InChI=1S/C20H22N10O5/c1-24-14-12(16(32)26(3)19(24)34)29(10-22-14)7-11(31)8-30-13-15(23-18(30)28-6-5-21-9-28)25(2)20(35)27(4)17(13)33/h5-6,9-11,31H,7-8H2,1-4H3. The van der Waals surface area contributed by atoms with Crippen LogP contribution in [0.15, 0.2) is 44.2 Å². The van der Waals surface area contributed by atoms with Gasteiger partial charge in [0.15, 0.2) is 22.3 Å². The summed E-state index contributed by atoms with van der Waals surface area (Å²) in [5, 5.41) is 11.0. The molecule has 0 saturated heterocycles. The first-order valence-corrected chi connectivity index (χ1v) is 10.5. The van der Waals surface area contributed by atoms with Gasteiger partial charge < -0.3 is 14.2 Å². The molecule has 35 heavy (non-hydrogen) atoms. The van der Waals surface area contributed by atoms with Crippen LogP contribution in [0, 0.1) is 0 Å². The molecular formula is C20H22N10O5. The molecule has 0 bridgehead atoms. The lowest BCUT2D eigenvalue weighted by molar-refractivity contribution is 0.136. The molecule has 0 aliphatic heterocycles. The van der Waals surface area contributed by atoms with E-state index < -0.39 is 28.6 Å². The molecule has 0 spiro atoms. The van der Waals surface area contributed by atoms with Gasteiger partial charge in [0.05, 0.1) is 25.5 Å². The van der Waals surface area contributed by atoms with Crippen molar-refractivity contribution in [2.24, 2.45) is 28.2 Å². The topological polar surface area (TPSA) is 162 Å². The Labute approximate surface area is 195 Å². The van der Waals surface area contributed by atoms with Crippen molar-refractivity contribution in [1.29, 1.82) is 0 Å². The van der Waals surface area contributed by atoms with Crippen LogP contribution in [0.5, 0.6) is 0 Å². The molecule has 0 aromatic carbocycles. The SMILES string of the molecule is Cn1c(=O)c2c(ncn2CC(O)Cn2c(-n3ccnc3)nc3c2c(=O)n(C)c(=O)n3C)n(C)c1=O. The van der Waals surface area contributed by atoms with E-state index >= 15 is 0 Å². The van der Waals surface area contributed by atoms with Gasteiger partial charge in [0, 0.05) is 40.6 Å². The summed E-state index contributed by atoms with van der Waals surface area (Å²) in [5.41, 5.74) is -1.49. The number of nitrogens with zero attached hydrogens (tertiary/aromatic N) is 10. The van der Waals surface area contributed by atoms with Gasteiger partial charge in [-0.1, -0.05) is 0 Å². The maximum Gasteiger partial charge on any atom is 0.332 e. The van der Waals surface area contributed by atoms with Crippen molar-refractivity contribution in [3.8, 4) is 5.95 Å². The fraction of sp³-hybridized carbons (Fsp3) is 0.350. The number of fused-ring (bicyclic) bond motifs is 2. The molecule has 1 atom stereocenters. The third-order valence-electron chi connectivity index (χ3n) is 6.08. The summed E-state index contributed by atoms with van der Waals surface area (Å²) in [6, 6.07) is 0. The van der Waals surface area contributed by atoms with E-state index in [1.807, 2.05) is 0 Å². The normalized spacial score (nSPS) is 12.7. The largest absolute Gasteiger partial charge is 0.389 e. The van der Waals surface area contributed by atoms with Crippen LogP contribution in [0.1, 0.15) is 0 Å². The van der Waals surface area contributed by atoms with E-state index in [1.54, 1.807) is 10.8 Å². The molecule has 0 saturated carbocycles. The highest BCUT2D eigenvalue weighted by atomic mass is 16.3. The van der Waals surface area contributed by atoms with Crippen LogP contribution in [-0.4, -0.2) is 58.1 Å². The van der Waals surface area contributed by atoms with Gasteiger partial charge >= 0.3 is 11.4 Å². The van der Waals surface area contributed by atoms with E-state index in [4.69, 9.17) is 0 Å². The van der Waals surface area contributed by atoms with Crippen molar-refractivity contribution in [3.05, 3.63) is 66.7 Å². The minimum absolute atomic E-state index is 0.0565. The van der Waals surface area contributed by atoms with Gasteiger partial charge in [-0.05, 0) is 0 Å². The van der Waals surface area contributed by atoms with E-state index in [1.165, 1.54) is 65.3 Å². The van der Waals surface area contributed by atoms with E-state index in [2.05, 4.69) is 15.0 Å². The predicted molar refractivity (Wildman–Crippen MR) is 124 cm³/mol. The number of aliphatic hydroxyl groups excluding tert-OH is 1. The van der Waals surface area contributed by atoms with E-state index in [-0.39, 0.29) is 41.4 Å². The van der Waals surface area contributed by atoms with E-state index in [9.17, 15) is 24.3 Å². The number of aromatic nitrogens is 10. The quantitative estimate of drug-likeness (QED) is 0.286. The molecule has 5 aromatic heterocycles. The van der Waals surface area contributed by atoms with Crippen LogP contribution in [-0.2, 0) is 41.3 Å². The maximum atomic E-state index is 13.0. The summed E-state index contributed by atoms with van der Waals surface area (Å²) >= 11 is 0. The minimum Gasteiger partial charge on any atom is -0.389 e. The van der Waals surface area contributed by atoms with Crippen molar-refractivity contribution in [3.63, 3.8) is 0 Å². The third kappa shape index (κ3) is 3.19. The molecule has 182 valence electrons. The van der Waals surface area contributed by atoms with Crippen LogP contribution in [0.2, 0.25) is 0 Å². The molecule has 1 N–H and O–H groups in total. The number of hydrogen-bond acceptors (Lipinski definition) is 8. The second-order valence-corrected chi connectivity index (χ2v) is 8.30. The lowest BCUT2D eigenvalue weighted by atomic mass is 10.3. The van der Waals surface area contributed by atoms with Crippen LogP contribution >= 0.6 is 0 Å². The molecule has 0 aliphatic carbocycles. The molecule has 5 heterocycles. The molecule has 0 amide bonds. The van der Waals surface area contributed by atoms with Crippen LogP contribution in [0.25, 0.3) is 28.3 Å². The molecule has 0 aliphatic rings. The van der Waals surface area contributed by atoms with Crippen molar-refractivity contribution in [1.82, 2.24) is 46.9 Å². The highest BCUT2D eigenvalue weighted by Crippen LogP contribution is 2.17. The van der Waals surface area contributed by atoms with Gasteiger partial charge in [0.2, 0.25) is 5.95 Å².